The summed E-state index contributed by atoms with van der Waals surface area (Å²) in [6.45, 7) is 0.601. The van der Waals surface area contributed by atoms with Crippen molar-refractivity contribution < 1.29 is 9.53 Å². The van der Waals surface area contributed by atoms with Gasteiger partial charge in [-0.2, -0.15) is 0 Å². The molecule has 1 aliphatic rings. The molecule has 1 aliphatic heterocycles. The molecule has 2 heterocycles. The highest BCUT2D eigenvalue weighted by Gasteiger charge is 2.29. The quantitative estimate of drug-likeness (QED) is 0.819. The summed E-state index contributed by atoms with van der Waals surface area (Å²) in [7, 11) is 1.43. The minimum absolute atomic E-state index is 0.109. The first kappa shape index (κ1) is 14.1. The Labute approximate surface area is 128 Å². The van der Waals surface area contributed by atoms with Crippen molar-refractivity contribution in [2.24, 2.45) is 5.92 Å². The number of nitrogens with zero attached hydrogens (tertiary/aromatic N) is 2. The van der Waals surface area contributed by atoms with Crippen molar-refractivity contribution in [1.82, 2.24) is 9.55 Å². The van der Waals surface area contributed by atoms with E-state index in [0.717, 1.165) is 24.4 Å². The molecule has 4 nitrogen and oxygen atoms in total. The van der Waals surface area contributed by atoms with Gasteiger partial charge in [0.2, 0.25) is 0 Å². The molecule has 2 aromatic rings. The van der Waals surface area contributed by atoms with E-state index in [9.17, 15) is 4.79 Å². The van der Waals surface area contributed by atoms with Gasteiger partial charge in [0.25, 0.3) is 0 Å². The molecular weight excluding hydrogens is 288 g/mol. The van der Waals surface area contributed by atoms with Crippen molar-refractivity contribution in [1.29, 1.82) is 0 Å². The van der Waals surface area contributed by atoms with Crippen LogP contribution in [0.2, 0.25) is 5.15 Å². The predicted molar refractivity (Wildman–Crippen MR) is 80.3 cm³/mol. The second-order valence-electron chi connectivity index (χ2n) is 5.30. The number of hydrogen-bond acceptors (Lipinski definition) is 3. The molecule has 0 fully saturated rings. The lowest BCUT2D eigenvalue weighted by molar-refractivity contribution is -0.146. The van der Waals surface area contributed by atoms with Crippen LogP contribution in [0.1, 0.15) is 23.5 Å². The summed E-state index contributed by atoms with van der Waals surface area (Å²) in [5.41, 5.74) is 2.21. The van der Waals surface area contributed by atoms with Gasteiger partial charge in [-0.25, -0.2) is 4.98 Å². The first-order valence-corrected chi connectivity index (χ1v) is 7.42. The highest BCUT2D eigenvalue weighted by molar-refractivity contribution is 6.30. The lowest BCUT2D eigenvalue weighted by Crippen LogP contribution is -2.28. The van der Waals surface area contributed by atoms with E-state index in [1.807, 2.05) is 18.2 Å². The van der Waals surface area contributed by atoms with Crippen molar-refractivity contribution in [3.05, 3.63) is 52.6 Å². The van der Waals surface area contributed by atoms with Crippen molar-refractivity contribution >= 4 is 17.6 Å². The number of fused-ring (bicyclic) bond motifs is 1. The molecule has 1 atom stereocenters. The third-order valence-electron chi connectivity index (χ3n) is 3.97. The van der Waals surface area contributed by atoms with Crippen LogP contribution in [-0.2, 0) is 28.9 Å². The van der Waals surface area contributed by atoms with Gasteiger partial charge in [0.05, 0.1) is 18.7 Å². The van der Waals surface area contributed by atoms with Gasteiger partial charge in [-0.1, -0.05) is 41.9 Å². The average Bonchev–Trinajstić information content (AvgIpc) is 2.83. The Morgan fingerprint density at radius 3 is 2.90 bits per heavy atom. The van der Waals surface area contributed by atoms with Gasteiger partial charge < -0.3 is 9.30 Å². The summed E-state index contributed by atoms with van der Waals surface area (Å²) in [6.07, 6.45) is 2.25. The minimum Gasteiger partial charge on any atom is -0.469 e. The van der Waals surface area contributed by atoms with Crippen LogP contribution in [-0.4, -0.2) is 22.6 Å². The van der Waals surface area contributed by atoms with Crippen LogP contribution in [0.3, 0.4) is 0 Å². The van der Waals surface area contributed by atoms with E-state index in [0.29, 0.717) is 18.1 Å². The second-order valence-corrected chi connectivity index (χ2v) is 5.66. The zero-order chi connectivity index (χ0) is 14.8. The Balaban J connectivity index is 1.88. The minimum atomic E-state index is -0.156. The molecule has 1 unspecified atom stereocenters. The number of rotatable bonds is 3. The fraction of sp³-hybridized carbons (Fsp3) is 0.375. The Hall–Kier alpha value is -1.81. The fourth-order valence-electron chi connectivity index (χ4n) is 2.85. The SMILES string of the molecule is COC(=O)C1CCc2c(Cl)nc(Cc3ccccc3)n2C1. The average molecular weight is 305 g/mol. The summed E-state index contributed by atoms with van der Waals surface area (Å²) < 4.78 is 6.95. The molecule has 0 spiro atoms. The number of carbonyl (C=O) groups is 1. The Kier molecular flexibility index (Phi) is 3.97. The van der Waals surface area contributed by atoms with Crippen LogP contribution in [0, 0.1) is 5.92 Å². The van der Waals surface area contributed by atoms with Crippen molar-refractivity contribution in [3.8, 4) is 0 Å². The summed E-state index contributed by atoms with van der Waals surface area (Å²) >= 11 is 6.24. The summed E-state index contributed by atoms with van der Waals surface area (Å²) in [6, 6.07) is 10.1. The maximum atomic E-state index is 11.8. The number of esters is 1. The first-order chi connectivity index (χ1) is 10.2. The number of carbonyl (C=O) groups excluding carboxylic acids is 1. The number of methoxy groups -OCH3 is 1. The molecule has 0 radical (unpaired) electrons. The highest BCUT2D eigenvalue weighted by atomic mass is 35.5. The number of ether oxygens (including phenoxy) is 1. The number of halogens is 1. The molecule has 0 saturated carbocycles. The molecule has 0 amide bonds. The highest BCUT2D eigenvalue weighted by Crippen LogP contribution is 2.28. The molecule has 0 bridgehead atoms. The summed E-state index contributed by atoms with van der Waals surface area (Å²) in [4.78, 5) is 16.2. The Bertz CT molecular complexity index is 652. The van der Waals surface area contributed by atoms with Crippen LogP contribution < -0.4 is 0 Å². The fourth-order valence-corrected chi connectivity index (χ4v) is 3.15. The topological polar surface area (TPSA) is 44.1 Å². The molecule has 110 valence electrons. The van der Waals surface area contributed by atoms with Gasteiger partial charge in [-0.05, 0) is 18.4 Å². The van der Waals surface area contributed by atoms with E-state index < -0.39 is 0 Å². The summed E-state index contributed by atoms with van der Waals surface area (Å²) in [5, 5.41) is 0.559. The van der Waals surface area contributed by atoms with Gasteiger partial charge in [-0.15, -0.1) is 0 Å². The van der Waals surface area contributed by atoms with Gasteiger partial charge in [0, 0.05) is 13.0 Å². The van der Waals surface area contributed by atoms with Crippen LogP contribution >= 0.6 is 11.6 Å². The van der Waals surface area contributed by atoms with E-state index >= 15 is 0 Å². The molecule has 3 rings (SSSR count). The molecule has 1 aromatic carbocycles. The van der Waals surface area contributed by atoms with Crippen LogP contribution in [0.25, 0.3) is 0 Å². The lowest BCUT2D eigenvalue weighted by Gasteiger charge is -2.23. The molecular formula is C16H17ClN2O2. The monoisotopic (exact) mass is 304 g/mol. The second kappa shape index (κ2) is 5.90. The smallest absolute Gasteiger partial charge is 0.310 e. The van der Waals surface area contributed by atoms with Gasteiger partial charge in [-0.3, -0.25) is 4.79 Å². The van der Waals surface area contributed by atoms with Crippen molar-refractivity contribution in [2.75, 3.05) is 7.11 Å². The maximum Gasteiger partial charge on any atom is 0.310 e. The van der Waals surface area contributed by atoms with Gasteiger partial charge in [0.15, 0.2) is 5.15 Å². The lowest BCUT2D eigenvalue weighted by atomic mass is 9.98. The van der Waals surface area contributed by atoms with Crippen LogP contribution in [0.4, 0.5) is 0 Å². The van der Waals surface area contributed by atoms with E-state index in [-0.39, 0.29) is 11.9 Å². The number of aromatic nitrogens is 2. The molecule has 0 N–H and O–H groups in total. The third kappa shape index (κ3) is 2.81. The van der Waals surface area contributed by atoms with E-state index in [4.69, 9.17) is 16.3 Å². The zero-order valence-corrected chi connectivity index (χ0v) is 12.6. The van der Waals surface area contributed by atoms with Gasteiger partial charge >= 0.3 is 5.97 Å². The maximum absolute atomic E-state index is 11.8. The van der Waals surface area contributed by atoms with E-state index in [1.165, 1.54) is 12.7 Å². The Morgan fingerprint density at radius 1 is 1.43 bits per heavy atom. The molecule has 5 heteroatoms. The largest absolute Gasteiger partial charge is 0.469 e. The number of imidazole rings is 1. The van der Waals surface area contributed by atoms with Gasteiger partial charge in [0.1, 0.15) is 5.82 Å². The van der Waals surface area contributed by atoms with Crippen LogP contribution in [0.5, 0.6) is 0 Å². The molecule has 0 aliphatic carbocycles. The van der Waals surface area contributed by atoms with Crippen LogP contribution in [0.15, 0.2) is 30.3 Å². The Morgan fingerprint density at radius 2 is 2.19 bits per heavy atom. The van der Waals surface area contributed by atoms with Crippen molar-refractivity contribution in [3.63, 3.8) is 0 Å². The molecule has 21 heavy (non-hydrogen) atoms. The molecule has 1 aromatic heterocycles. The van der Waals surface area contributed by atoms with Crippen molar-refractivity contribution in [2.45, 2.75) is 25.8 Å². The van der Waals surface area contributed by atoms with E-state index in [1.54, 1.807) is 0 Å². The zero-order valence-electron chi connectivity index (χ0n) is 11.9. The number of benzene rings is 1. The third-order valence-corrected chi connectivity index (χ3v) is 4.28. The van der Waals surface area contributed by atoms with E-state index in [2.05, 4.69) is 21.7 Å². The normalized spacial score (nSPS) is 17.3. The standard InChI is InChI=1S/C16H17ClN2O2/c1-21-16(20)12-7-8-13-15(17)18-14(19(13)10-12)9-11-5-3-2-4-6-11/h2-6,12H,7-10H2,1H3. The first-order valence-electron chi connectivity index (χ1n) is 7.04. The molecule has 0 saturated heterocycles. The predicted octanol–water partition coefficient (Wildman–Crippen LogP) is 2.86. The number of hydrogen-bond donors (Lipinski definition) is 0. The summed E-state index contributed by atoms with van der Waals surface area (Å²) in [5.74, 6) is 0.647.